The summed E-state index contributed by atoms with van der Waals surface area (Å²) in [6.45, 7) is 8.83. The van der Waals surface area contributed by atoms with Crippen LogP contribution < -0.4 is 0 Å². The molecule has 0 unspecified atom stereocenters. The zero-order chi connectivity index (χ0) is 16.9. The van der Waals surface area contributed by atoms with Crippen LogP contribution in [0.15, 0.2) is 0 Å². The van der Waals surface area contributed by atoms with Crippen molar-refractivity contribution >= 4 is 12.8 Å². The van der Waals surface area contributed by atoms with E-state index in [1.807, 2.05) is 0 Å². The molecule has 0 atom stereocenters. The molecule has 5 nitrogen and oxygen atoms in total. The Bertz CT molecular complexity index is 281. The molecule has 0 aromatic heterocycles. The summed E-state index contributed by atoms with van der Waals surface area (Å²) in [6.07, 6.45) is 4.18. The fraction of sp³-hybridized carbons (Fsp3) is 0.938. The van der Waals surface area contributed by atoms with Gasteiger partial charge in [-0.3, -0.25) is 0 Å². The maximum atomic E-state index is 12.2. The van der Waals surface area contributed by atoms with Crippen molar-refractivity contribution in [1.82, 2.24) is 0 Å². The van der Waals surface area contributed by atoms with E-state index in [-0.39, 0.29) is 5.97 Å². The molecule has 0 aliphatic rings. The molecule has 0 aromatic rings. The van der Waals surface area contributed by atoms with Crippen LogP contribution in [0.5, 0.6) is 0 Å². The molecule has 22 heavy (non-hydrogen) atoms. The Morgan fingerprint density at radius 2 is 1.23 bits per heavy atom. The topological polar surface area (TPSA) is 54.0 Å². The Kier molecular flexibility index (Phi) is 11.2. The molecule has 0 rings (SSSR count). The van der Waals surface area contributed by atoms with Gasteiger partial charge in [0, 0.05) is 0 Å². The molecular weight excluding hydrogens is 303 g/mol. The number of hydrogen-bond donors (Lipinski definition) is 0. The second-order valence-corrected chi connectivity index (χ2v) is 12.0. The normalized spacial score (nSPS) is 13.6. The molecule has 6 heteroatoms. The molecule has 0 saturated heterocycles. The van der Waals surface area contributed by atoms with E-state index in [1.54, 1.807) is 7.11 Å². The third kappa shape index (κ3) is 6.91. The Balaban J connectivity index is 4.02. The first-order valence-corrected chi connectivity index (χ1v) is 11.3. The third-order valence-electron chi connectivity index (χ3n) is 4.81. The van der Waals surface area contributed by atoms with Crippen molar-refractivity contribution in [2.45, 2.75) is 34.1 Å². The molecule has 0 aliphatic carbocycles. The second-order valence-electron chi connectivity index (χ2n) is 5.55. The fourth-order valence-corrected chi connectivity index (χ4v) is 6.42. The molecule has 134 valence electrons. The number of ether oxygens (including phenoxy) is 3. The molecule has 0 amide bonds. The zero-order valence-corrected chi connectivity index (χ0v) is 16.0. The minimum atomic E-state index is -2.31. The molecule has 0 heterocycles. The van der Waals surface area contributed by atoms with Crippen molar-refractivity contribution < 1.29 is 23.5 Å². The molecule has 0 aliphatic heterocycles. The predicted octanol–water partition coefficient (Wildman–Crippen LogP) is 3.15. The van der Waals surface area contributed by atoms with Crippen LogP contribution in [0.1, 0.15) is 34.1 Å². The van der Waals surface area contributed by atoms with Gasteiger partial charge < -0.3 is 0 Å². The Hall–Kier alpha value is -0.220. The van der Waals surface area contributed by atoms with Crippen LogP contribution >= 0.6 is 6.83 Å². The molecule has 0 fully saturated rings. The number of rotatable bonds is 14. The first-order chi connectivity index (χ1) is 10.5. The Morgan fingerprint density at radius 3 is 1.68 bits per heavy atom. The predicted molar refractivity (Wildman–Crippen MR) is 93.3 cm³/mol. The first-order valence-electron chi connectivity index (χ1n) is 8.39. The van der Waals surface area contributed by atoms with Gasteiger partial charge in [-0.1, -0.05) is 0 Å². The van der Waals surface area contributed by atoms with Gasteiger partial charge in [0.2, 0.25) is 0 Å². The van der Waals surface area contributed by atoms with Crippen molar-refractivity contribution in [1.29, 1.82) is 0 Å². The van der Waals surface area contributed by atoms with Gasteiger partial charge in [-0.2, -0.15) is 0 Å². The van der Waals surface area contributed by atoms with Gasteiger partial charge in [0.15, 0.2) is 0 Å². The monoisotopic (exact) mass is 338 g/mol. The van der Waals surface area contributed by atoms with Crippen molar-refractivity contribution in [2.24, 2.45) is 0 Å². The van der Waals surface area contributed by atoms with Crippen molar-refractivity contribution in [3.63, 3.8) is 0 Å². The summed E-state index contributed by atoms with van der Waals surface area (Å²) in [6, 6.07) is 0. The average molecular weight is 338 g/mol. The number of hydrogen-bond acceptors (Lipinski definition) is 5. The summed E-state index contributed by atoms with van der Waals surface area (Å²) in [5, 5.41) is 0. The van der Waals surface area contributed by atoms with Gasteiger partial charge in [0.05, 0.1) is 0 Å². The quantitative estimate of drug-likeness (QED) is 0.360. The van der Waals surface area contributed by atoms with Crippen LogP contribution in [-0.2, 0) is 23.5 Å². The van der Waals surface area contributed by atoms with Crippen LogP contribution in [0.4, 0.5) is 0 Å². The van der Waals surface area contributed by atoms with Gasteiger partial charge in [-0.25, -0.2) is 0 Å². The van der Waals surface area contributed by atoms with Crippen LogP contribution in [0.2, 0.25) is 0 Å². The van der Waals surface area contributed by atoms with Gasteiger partial charge >= 0.3 is 135 Å². The summed E-state index contributed by atoms with van der Waals surface area (Å²) < 4.78 is 21.6. The van der Waals surface area contributed by atoms with Crippen molar-refractivity contribution in [2.75, 3.05) is 64.8 Å². The van der Waals surface area contributed by atoms with E-state index in [9.17, 15) is 4.79 Å². The first kappa shape index (κ1) is 21.8. The van der Waals surface area contributed by atoms with E-state index >= 15 is 0 Å². The molecule has 0 saturated carbocycles. The van der Waals surface area contributed by atoms with Crippen molar-refractivity contribution in [3.05, 3.63) is 0 Å². The third-order valence-corrected chi connectivity index (χ3v) is 11.9. The Labute approximate surface area is 136 Å². The van der Waals surface area contributed by atoms with E-state index in [0.717, 1.165) is 24.6 Å². The van der Waals surface area contributed by atoms with E-state index in [0.29, 0.717) is 39.5 Å². The van der Waals surface area contributed by atoms with E-state index < -0.39 is 6.83 Å². The van der Waals surface area contributed by atoms with Gasteiger partial charge in [0.1, 0.15) is 0 Å². The summed E-state index contributed by atoms with van der Waals surface area (Å²) in [5.41, 5.74) is 0. The minimum absolute atomic E-state index is 0.120. The molecule has 0 N–H and O–H groups in total. The standard InChI is InChI=1S/C16H35O5P/c1-6-22(7-2,8-3,9-4)21-16(17)10-11-19-14-15-20-13-12-18-5/h6-15H2,1-5H3. The molecule has 0 spiro atoms. The maximum absolute atomic E-state index is 12.2. The molecular formula is C16H35O5P. The van der Waals surface area contributed by atoms with Gasteiger partial charge in [0.25, 0.3) is 0 Å². The summed E-state index contributed by atoms with van der Waals surface area (Å²) in [7, 11) is 1.64. The Morgan fingerprint density at radius 1 is 0.773 bits per heavy atom. The van der Waals surface area contributed by atoms with E-state index in [2.05, 4.69) is 27.7 Å². The number of carbonyl (C=O) groups excluding carboxylic acids is 1. The summed E-state index contributed by atoms with van der Waals surface area (Å²) >= 11 is 0. The van der Waals surface area contributed by atoms with Crippen LogP contribution in [-0.4, -0.2) is 70.8 Å². The molecule has 0 aromatic carbocycles. The van der Waals surface area contributed by atoms with E-state index in [4.69, 9.17) is 18.7 Å². The number of methoxy groups -OCH3 is 1. The van der Waals surface area contributed by atoms with Crippen LogP contribution in [0.3, 0.4) is 0 Å². The van der Waals surface area contributed by atoms with Gasteiger partial charge in [-0.05, 0) is 0 Å². The zero-order valence-electron chi connectivity index (χ0n) is 15.1. The average Bonchev–Trinajstić information content (AvgIpc) is 2.56. The number of carbonyl (C=O) groups is 1. The van der Waals surface area contributed by atoms with Crippen LogP contribution in [0.25, 0.3) is 0 Å². The van der Waals surface area contributed by atoms with Crippen molar-refractivity contribution in [3.8, 4) is 0 Å². The summed E-state index contributed by atoms with van der Waals surface area (Å²) in [4.78, 5) is 12.2. The molecule has 0 radical (unpaired) electrons. The fourth-order valence-electron chi connectivity index (χ4n) is 2.55. The summed E-state index contributed by atoms with van der Waals surface area (Å²) in [5.74, 6) is -0.120. The van der Waals surface area contributed by atoms with Gasteiger partial charge in [-0.15, -0.1) is 0 Å². The van der Waals surface area contributed by atoms with E-state index in [1.165, 1.54) is 0 Å². The second kappa shape index (κ2) is 11.3. The SMILES string of the molecule is CCP(CC)(CC)(CC)OC(=O)CCOCCOCCOC. The van der Waals surface area contributed by atoms with Crippen LogP contribution in [0, 0.1) is 0 Å². The molecule has 0 bridgehead atoms.